The number of ether oxygens (including phenoxy) is 1. The van der Waals surface area contributed by atoms with E-state index in [1.54, 1.807) is 5.38 Å². The van der Waals surface area contributed by atoms with Crippen LogP contribution in [-0.2, 0) is 11.3 Å². The standard InChI is InChI=1S/C12H9ClN2O4S/c1-7-14-8(6-20-7)5-19-12(16)10-3-2-9(15(17)18)4-11(10)13/h2-4,6H,5H2,1H3. The zero-order chi connectivity index (χ0) is 14.7. The molecule has 0 spiro atoms. The van der Waals surface area contributed by atoms with Gasteiger partial charge >= 0.3 is 5.97 Å². The van der Waals surface area contributed by atoms with Crippen LogP contribution in [0.25, 0.3) is 0 Å². The normalized spacial score (nSPS) is 10.3. The first-order chi connectivity index (χ1) is 9.47. The molecule has 0 fully saturated rings. The summed E-state index contributed by atoms with van der Waals surface area (Å²) in [6.07, 6.45) is 0. The molecular weight excluding hydrogens is 304 g/mol. The van der Waals surface area contributed by atoms with Crippen molar-refractivity contribution >= 4 is 34.6 Å². The average molecular weight is 313 g/mol. The Labute approximate surface area is 123 Å². The number of halogens is 1. The third-order valence-corrected chi connectivity index (χ3v) is 3.54. The van der Waals surface area contributed by atoms with Crippen molar-refractivity contribution in [1.29, 1.82) is 0 Å². The Kier molecular flexibility index (Phi) is 4.31. The van der Waals surface area contributed by atoms with Gasteiger partial charge in [0, 0.05) is 17.5 Å². The van der Waals surface area contributed by atoms with Crippen molar-refractivity contribution in [3.63, 3.8) is 0 Å². The van der Waals surface area contributed by atoms with Gasteiger partial charge in [0.15, 0.2) is 0 Å². The number of hydrogen-bond donors (Lipinski definition) is 0. The molecule has 1 aromatic carbocycles. The van der Waals surface area contributed by atoms with Crippen LogP contribution in [0.3, 0.4) is 0 Å². The maximum atomic E-state index is 11.8. The summed E-state index contributed by atoms with van der Waals surface area (Å²) in [6.45, 7) is 1.89. The summed E-state index contributed by atoms with van der Waals surface area (Å²) >= 11 is 7.29. The van der Waals surface area contributed by atoms with Gasteiger partial charge in [-0.15, -0.1) is 11.3 Å². The molecule has 0 saturated carbocycles. The van der Waals surface area contributed by atoms with E-state index in [-0.39, 0.29) is 22.9 Å². The third-order valence-electron chi connectivity index (χ3n) is 2.40. The van der Waals surface area contributed by atoms with Crippen LogP contribution in [0, 0.1) is 17.0 Å². The molecule has 0 aliphatic heterocycles. The van der Waals surface area contributed by atoms with E-state index in [0.29, 0.717) is 5.69 Å². The van der Waals surface area contributed by atoms with Gasteiger partial charge in [0.05, 0.1) is 26.2 Å². The topological polar surface area (TPSA) is 82.3 Å². The minimum absolute atomic E-state index is 0.0151. The molecule has 0 N–H and O–H groups in total. The smallest absolute Gasteiger partial charge is 0.340 e. The molecule has 0 aliphatic rings. The Morgan fingerprint density at radius 3 is 2.85 bits per heavy atom. The van der Waals surface area contributed by atoms with Crippen LogP contribution >= 0.6 is 22.9 Å². The first-order valence-electron chi connectivity index (χ1n) is 5.49. The van der Waals surface area contributed by atoms with E-state index in [0.717, 1.165) is 11.1 Å². The van der Waals surface area contributed by atoms with Crippen molar-refractivity contribution in [2.24, 2.45) is 0 Å². The van der Waals surface area contributed by atoms with E-state index in [2.05, 4.69) is 4.98 Å². The largest absolute Gasteiger partial charge is 0.456 e. The highest BCUT2D eigenvalue weighted by Crippen LogP contribution is 2.23. The number of benzene rings is 1. The first-order valence-corrected chi connectivity index (χ1v) is 6.75. The van der Waals surface area contributed by atoms with Crippen LogP contribution < -0.4 is 0 Å². The predicted molar refractivity (Wildman–Crippen MR) is 74.1 cm³/mol. The SMILES string of the molecule is Cc1nc(COC(=O)c2ccc([N+](=O)[O-])cc2Cl)cs1. The fraction of sp³-hybridized carbons (Fsp3) is 0.167. The minimum atomic E-state index is -0.643. The van der Waals surface area contributed by atoms with Crippen molar-refractivity contribution in [3.8, 4) is 0 Å². The molecule has 0 unspecified atom stereocenters. The van der Waals surface area contributed by atoms with Gasteiger partial charge in [0.1, 0.15) is 6.61 Å². The quantitative estimate of drug-likeness (QED) is 0.491. The van der Waals surface area contributed by atoms with Crippen LogP contribution in [0.4, 0.5) is 5.69 Å². The van der Waals surface area contributed by atoms with Crippen molar-refractivity contribution in [1.82, 2.24) is 4.98 Å². The highest BCUT2D eigenvalue weighted by molar-refractivity contribution is 7.09. The molecule has 1 heterocycles. The van der Waals surface area contributed by atoms with Gasteiger partial charge in [0.2, 0.25) is 0 Å². The Hall–Kier alpha value is -1.99. The molecule has 0 bridgehead atoms. The average Bonchev–Trinajstić information content (AvgIpc) is 2.81. The third kappa shape index (κ3) is 3.31. The molecule has 6 nitrogen and oxygen atoms in total. The van der Waals surface area contributed by atoms with Crippen LogP contribution in [-0.4, -0.2) is 15.9 Å². The van der Waals surface area contributed by atoms with Gasteiger partial charge in [-0.1, -0.05) is 11.6 Å². The monoisotopic (exact) mass is 312 g/mol. The summed E-state index contributed by atoms with van der Waals surface area (Å²) in [4.78, 5) is 26.0. The second kappa shape index (κ2) is 5.98. The zero-order valence-electron chi connectivity index (χ0n) is 10.3. The summed E-state index contributed by atoms with van der Waals surface area (Å²) in [7, 11) is 0. The molecule has 0 atom stereocenters. The number of aromatic nitrogens is 1. The number of hydrogen-bond acceptors (Lipinski definition) is 6. The van der Waals surface area contributed by atoms with E-state index in [4.69, 9.17) is 16.3 Å². The van der Waals surface area contributed by atoms with Gasteiger partial charge in [-0.2, -0.15) is 0 Å². The molecule has 0 saturated heterocycles. The number of nitro benzene ring substituents is 1. The molecule has 8 heteroatoms. The lowest BCUT2D eigenvalue weighted by atomic mass is 10.2. The number of aryl methyl sites for hydroxylation is 1. The lowest BCUT2D eigenvalue weighted by Crippen LogP contribution is -2.06. The van der Waals surface area contributed by atoms with Gasteiger partial charge in [-0.25, -0.2) is 9.78 Å². The molecule has 2 aromatic rings. The van der Waals surface area contributed by atoms with Gasteiger partial charge in [0.25, 0.3) is 5.69 Å². The molecule has 2 rings (SSSR count). The molecule has 0 amide bonds. The van der Waals surface area contributed by atoms with Crippen LogP contribution in [0.5, 0.6) is 0 Å². The maximum absolute atomic E-state index is 11.8. The van der Waals surface area contributed by atoms with Crippen molar-refractivity contribution in [2.45, 2.75) is 13.5 Å². The van der Waals surface area contributed by atoms with Crippen LogP contribution in [0.1, 0.15) is 21.1 Å². The maximum Gasteiger partial charge on any atom is 0.340 e. The summed E-state index contributed by atoms with van der Waals surface area (Å²) < 4.78 is 5.06. The zero-order valence-corrected chi connectivity index (χ0v) is 11.9. The number of thiazole rings is 1. The fourth-order valence-electron chi connectivity index (χ4n) is 1.47. The number of rotatable bonds is 4. The Morgan fingerprint density at radius 1 is 1.55 bits per heavy atom. The predicted octanol–water partition coefficient (Wildman–Crippen LogP) is 3.37. The summed E-state index contributed by atoms with van der Waals surface area (Å²) in [5.74, 6) is -0.643. The molecule has 0 aliphatic carbocycles. The lowest BCUT2D eigenvalue weighted by molar-refractivity contribution is -0.384. The molecule has 20 heavy (non-hydrogen) atoms. The number of carbonyl (C=O) groups is 1. The number of non-ortho nitro benzene ring substituents is 1. The number of carbonyl (C=O) groups excluding carboxylic acids is 1. The van der Waals surface area contributed by atoms with Crippen molar-refractivity contribution in [2.75, 3.05) is 0 Å². The molecular formula is C12H9ClN2O4S. The van der Waals surface area contributed by atoms with Crippen molar-refractivity contribution < 1.29 is 14.5 Å². The highest BCUT2D eigenvalue weighted by atomic mass is 35.5. The summed E-state index contributed by atoms with van der Waals surface area (Å²) in [6, 6.07) is 3.59. The number of esters is 1. The van der Waals surface area contributed by atoms with E-state index in [1.807, 2.05) is 6.92 Å². The number of nitro groups is 1. The second-order valence-electron chi connectivity index (χ2n) is 3.86. The molecule has 104 valence electrons. The lowest BCUT2D eigenvalue weighted by Gasteiger charge is -2.04. The Morgan fingerprint density at radius 2 is 2.30 bits per heavy atom. The van der Waals surface area contributed by atoms with E-state index in [1.165, 1.54) is 23.5 Å². The van der Waals surface area contributed by atoms with E-state index >= 15 is 0 Å². The van der Waals surface area contributed by atoms with Crippen LogP contribution in [0.15, 0.2) is 23.6 Å². The Balaban J connectivity index is 2.07. The van der Waals surface area contributed by atoms with Gasteiger partial charge in [-0.3, -0.25) is 10.1 Å². The van der Waals surface area contributed by atoms with Crippen LogP contribution in [0.2, 0.25) is 5.02 Å². The first kappa shape index (κ1) is 14.4. The number of nitrogens with zero attached hydrogens (tertiary/aromatic N) is 2. The van der Waals surface area contributed by atoms with E-state index in [9.17, 15) is 14.9 Å². The summed E-state index contributed by atoms with van der Waals surface area (Å²) in [5, 5.41) is 13.2. The van der Waals surface area contributed by atoms with E-state index < -0.39 is 10.9 Å². The highest BCUT2D eigenvalue weighted by Gasteiger charge is 2.16. The van der Waals surface area contributed by atoms with Gasteiger partial charge < -0.3 is 4.74 Å². The molecule has 0 radical (unpaired) electrons. The fourth-order valence-corrected chi connectivity index (χ4v) is 2.32. The minimum Gasteiger partial charge on any atom is -0.456 e. The summed E-state index contributed by atoms with van der Waals surface area (Å²) in [5.41, 5.74) is 0.560. The Bertz CT molecular complexity index is 671. The second-order valence-corrected chi connectivity index (χ2v) is 5.32. The van der Waals surface area contributed by atoms with Crippen molar-refractivity contribution in [3.05, 3.63) is 55.0 Å². The molecule has 1 aromatic heterocycles. The van der Waals surface area contributed by atoms with Gasteiger partial charge in [-0.05, 0) is 13.0 Å².